The number of esters is 1. The minimum atomic E-state index is -0.294. The van der Waals surface area contributed by atoms with Crippen LogP contribution in [0.5, 0.6) is 0 Å². The van der Waals surface area contributed by atoms with Crippen molar-refractivity contribution in [3.63, 3.8) is 0 Å². The molecule has 2 heterocycles. The van der Waals surface area contributed by atoms with Gasteiger partial charge < -0.3 is 14.8 Å². The Kier molecular flexibility index (Phi) is 6.54. The van der Waals surface area contributed by atoms with Crippen LogP contribution < -0.4 is 5.32 Å². The lowest BCUT2D eigenvalue weighted by molar-refractivity contribution is 0.0531. The predicted octanol–water partition coefficient (Wildman–Crippen LogP) is 2.64. The molecule has 1 aromatic rings. The molecule has 1 N–H and O–H groups in total. The van der Waals surface area contributed by atoms with Crippen molar-refractivity contribution in [1.29, 1.82) is 0 Å². The maximum absolute atomic E-state index is 11.6. The molecule has 0 aliphatic carbocycles. The summed E-state index contributed by atoms with van der Waals surface area (Å²) in [7, 11) is 0. The minimum Gasteiger partial charge on any atom is -0.462 e. The zero-order valence-corrected chi connectivity index (χ0v) is 12.7. The first-order valence-corrected chi connectivity index (χ1v) is 7.02. The van der Waals surface area contributed by atoms with Crippen molar-refractivity contribution in [3.8, 4) is 0 Å². The van der Waals surface area contributed by atoms with Gasteiger partial charge in [-0.15, -0.1) is 12.4 Å². The third-order valence-electron chi connectivity index (χ3n) is 2.76. The number of aryl methyl sites for hydroxylation is 1. The topological polar surface area (TPSA) is 60.5 Å². The number of rotatable bonds is 5. The number of hydrogen-bond acceptors (Lipinski definition) is 6. The van der Waals surface area contributed by atoms with Crippen molar-refractivity contribution in [1.82, 2.24) is 4.98 Å². The molecule has 2 rings (SSSR count). The Morgan fingerprint density at radius 1 is 1.63 bits per heavy atom. The van der Waals surface area contributed by atoms with Gasteiger partial charge in [0.2, 0.25) is 0 Å². The summed E-state index contributed by atoms with van der Waals surface area (Å²) < 4.78 is 10.5. The Morgan fingerprint density at radius 2 is 2.42 bits per heavy atom. The highest BCUT2D eigenvalue weighted by molar-refractivity contribution is 7.17. The first-order valence-electron chi connectivity index (χ1n) is 6.20. The Hall–Kier alpha value is -0.850. The van der Waals surface area contributed by atoms with Gasteiger partial charge >= 0.3 is 5.97 Å². The summed E-state index contributed by atoms with van der Waals surface area (Å²) in [5.74, 6) is -0.294. The van der Waals surface area contributed by atoms with E-state index in [-0.39, 0.29) is 24.5 Å². The van der Waals surface area contributed by atoms with Crippen molar-refractivity contribution >= 4 is 34.8 Å². The normalized spacial score (nSPS) is 17.9. The fraction of sp³-hybridized carbons (Fsp3) is 0.667. The Morgan fingerprint density at radius 3 is 3.05 bits per heavy atom. The molecule has 0 aromatic carbocycles. The number of carbonyl (C=O) groups is 1. The van der Waals surface area contributed by atoms with Crippen molar-refractivity contribution in [2.75, 3.05) is 25.1 Å². The minimum absolute atomic E-state index is 0. The summed E-state index contributed by atoms with van der Waals surface area (Å²) in [5, 5.41) is 3.98. The Balaban J connectivity index is 0.00000180. The molecule has 5 nitrogen and oxygen atoms in total. The molecule has 0 spiro atoms. The number of nitrogens with one attached hydrogen (secondary N) is 1. The van der Waals surface area contributed by atoms with E-state index in [0.717, 1.165) is 31.1 Å². The molecule has 0 amide bonds. The molecule has 108 valence electrons. The predicted molar refractivity (Wildman–Crippen MR) is 77.5 cm³/mol. The molecule has 0 saturated carbocycles. The average Bonchev–Trinajstić information content (AvgIpc) is 2.96. The maximum atomic E-state index is 11.6. The molecule has 1 fully saturated rings. The van der Waals surface area contributed by atoms with Crippen molar-refractivity contribution in [2.24, 2.45) is 0 Å². The van der Waals surface area contributed by atoms with Gasteiger partial charge in [-0.05, 0) is 26.7 Å². The quantitative estimate of drug-likeness (QED) is 0.847. The van der Waals surface area contributed by atoms with Crippen LogP contribution in [-0.4, -0.2) is 36.8 Å². The van der Waals surface area contributed by atoms with E-state index >= 15 is 0 Å². The van der Waals surface area contributed by atoms with Crippen molar-refractivity contribution in [3.05, 3.63) is 10.6 Å². The van der Waals surface area contributed by atoms with Gasteiger partial charge in [0.15, 0.2) is 5.13 Å². The van der Waals surface area contributed by atoms with Gasteiger partial charge in [0.05, 0.1) is 18.4 Å². The summed E-state index contributed by atoms with van der Waals surface area (Å²) in [6.45, 7) is 5.59. The van der Waals surface area contributed by atoms with Crippen molar-refractivity contribution in [2.45, 2.75) is 32.8 Å². The van der Waals surface area contributed by atoms with E-state index in [2.05, 4.69) is 10.3 Å². The second-order valence-electron chi connectivity index (χ2n) is 4.17. The molecule has 1 aliphatic rings. The van der Waals surface area contributed by atoms with Crippen molar-refractivity contribution < 1.29 is 14.3 Å². The zero-order chi connectivity index (χ0) is 13.0. The van der Waals surface area contributed by atoms with Crippen LogP contribution in [0.4, 0.5) is 5.13 Å². The van der Waals surface area contributed by atoms with Crippen LogP contribution in [0, 0.1) is 6.92 Å². The summed E-state index contributed by atoms with van der Waals surface area (Å²) in [4.78, 5) is 16.5. The lowest BCUT2D eigenvalue weighted by atomic mass is 10.2. The summed E-state index contributed by atoms with van der Waals surface area (Å²) in [6.07, 6.45) is 2.47. The van der Waals surface area contributed by atoms with Crippen LogP contribution in [0.2, 0.25) is 0 Å². The largest absolute Gasteiger partial charge is 0.462 e. The number of aromatic nitrogens is 1. The van der Waals surface area contributed by atoms with Crippen LogP contribution in [0.15, 0.2) is 0 Å². The first-order chi connectivity index (χ1) is 8.70. The highest BCUT2D eigenvalue weighted by Gasteiger charge is 2.18. The summed E-state index contributed by atoms with van der Waals surface area (Å²) in [6, 6.07) is 0. The third-order valence-corrected chi connectivity index (χ3v) is 3.86. The number of halogens is 1. The van der Waals surface area contributed by atoms with E-state index in [9.17, 15) is 4.79 Å². The second kappa shape index (κ2) is 7.67. The SMILES string of the molecule is CCOC(=O)c1sc(NCC2CCCO2)nc1C.Cl. The van der Waals surface area contributed by atoms with Gasteiger partial charge in [-0.1, -0.05) is 11.3 Å². The van der Waals surface area contributed by atoms with E-state index in [1.54, 1.807) is 6.92 Å². The molecule has 7 heteroatoms. The van der Waals surface area contributed by atoms with Gasteiger partial charge in [0, 0.05) is 13.2 Å². The van der Waals surface area contributed by atoms with E-state index < -0.39 is 0 Å². The van der Waals surface area contributed by atoms with Gasteiger partial charge in [0.1, 0.15) is 4.88 Å². The van der Waals surface area contributed by atoms with E-state index in [1.807, 2.05) is 6.92 Å². The van der Waals surface area contributed by atoms with Crippen LogP contribution in [0.25, 0.3) is 0 Å². The Labute approximate surface area is 123 Å². The number of anilines is 1. The summed E-state index contributed by atoms with van der Waals surface area (Å²) in [5.41, 5.74) is 0.716. The van der Waals surface area contributed by atoms with Crippen LogP contribution in [0.1, 0.15) is 35.1 Å². The van der Waals surface area contributed by atoms with Crippen LogP contribution in [0.3, 0.4) is 0 Å². The zero-order valence-electron chi connectivity index (χ0n) is 11.1. The molecule has 1 saturated heterocycles. The maximum Gasteiger partial charge on any atom is 0.350 e. The lowest BCUT2D eigenvalue weighted by Crippen LogP contribution is -2.18. The first kappa shape index (κ1) is 16.2. The molecule has 1 aliphatic heterocycles. The standard InChI is InChI=1S/C12H18N2O3S.ClH/c1-3-16-11(15)10-8(2)14-12(18-10)13-7-9-5-4-6-17-9;/h9H,3-7H2,1-2H3,(H,13,14);1H. The molecular formula is C12H19ClN2O3S. The van der Waals surface area contributed by atoms with Crippen LogP contribution in [-0.2, 0) is 9.47 Å². The molecule has 0 bridgehead atoms. The monoisotopic (exact) mass is 306 g/mol. The van der Waals surface area contributed by atoms with E-state index in [0.29, 0.717) is 17.2 Å². The second-order valence-corrected chi connectivity index (χ2v) is 5.17. The van der Waals surface area contributed by atoms with Crippen LogP contribution >= 0.6 is 23.7 Å². The molecule has 1 aromatic heterocycles. The van der Waals surface area contributed by atoms with Gasteiger partial charge in [-0.3, -0.25) is 0 Å². The summed E-state index contributed by atoms with van der Waals surface area (Å²) >= 11 is 1.34. The third kappa shape index (κ3) is 4.33. The number of thiazole rings is 1. The van der Waals surface area contributed by atoms with E-state index in [1.165, 1.54) is 11.3 Å². The van der Waals surface area contributed by atoms with E-state index in [4.69, 9.17) is 9.47 Å². The molecule has 0 radical (unpaired) electrons. The fourth-order valence-corrected chi connectivity index (χ4v) is 2.73. The highest BCUT2D eigenvalue weighted by Crippen LogP contribution is 2.24. The molecule has 1 unspecified atom stereocenters. The van der Waals surface area contributed by atoms with Gasteiger partial charge in [-0.2, -0.15) is 0 Å². The molecular weight excluding hydrogens is 288 g/mol. The highest BCUT2D eigenvalue weighted by atomic mass is 35.5. The number of nitrogens with zero attached hydrogens (tertiary/aromatic N) is 1. The number of carbonyl (C=O) groups excluding carboxylic acids is 1. The molecule has 19 heavy (non-hydrogen) atoms. The number of hydrogen-bond donors (Lipinski definition) is 1. The lowest BCUT2D eigenvalue weighted by Gasteiger charge is -2.08. The Bertz CT molecular complexity index is 419. The molecule has 1 atom stereocenters. The fourth-order valence-electron chi connectivity index (χ4n) is 1.86. The smallest absolute Gasteiger partial charge is 0.350 e. The average molecular weight is 307 g/mol. The van der Waals surface area contributed by atoms with Gasteiger partial charge in [0.25, 0.3) is 0 Å². The number of ether oxygens (including phenoxy) is 2. The van der Waals surface area contributed by atoms with Gasteiger partial charge in [-0.25, -0.2) is 9.78 Å².